The van der Waals surface area contributed by atoms with E-state index in [0.717, 1.165) is 5.56 Å². The maximum Gasteiger partial charge on any atom is 0.250 e. The van der Waals surface area contributed by atoms with Crippen LogP contribution < -0.4 is 5.32 Å². The molecule has 3 rings (SSSR count). The molecule has 122 valence electrons. The molecule has 24 heavy (non-hydrogen) atoms. The third-order valence-electron chi connectivity index (χ3n) is 3.18. The van der Waals surface area contributed by atoms with Crippen molar-refractivity contribution in [3.05, 3.63) is 65.4 Å². The zero-order valence-electron chi connectivity index (χ0n) is 12.6. The van der Waals surface area contributed by atoms with E-state index in [-0.39, 0.29) is 12.5 Å². The number of rotatable bonds is 6. The quantitative estimate of drug-likeness (QED) is 0.743. The lowest BCUT2D eigenvalue weighted by molar-refractivity contribution is -0.121. The summed E-state index contributed by atoms with van der Waals surface area (Å²) in [6, 6.07) is 14.7. The van der Waals surface area contributed by atoms with Crippen molar-refractivity contribution in [2.75, 3.05) is 11.9 Å². The summed E-state index contributed by atoms with van der Waals surface area (Å²) >= 11 is 6.12. The van der Waals surface area contributed by atoms with E-state index in [1.54, 1.807) is 18.2 Å². The fourth-order valence-corrected chi connectivity index (χ4v) is 2.22. The van der Waals surface area contributed by atoms with Crippen LogP contribution in [0.5, 0.6) is 0 Å². The number of hydrogen-bond donors (Lipinski definition) is 1. The molecule has 3 aromatic rings. The highest BCUT2D eigenvalue weighted by Crippen LogP contribution is 2.24. The van der Waals surface area contributed by atoms with Gasteiger partial charge in [0.15, 0.2) is 0 Å². The number of hydrogen-bond acceptors (Lipinski definition) is 5. The van der Waals surface area contributed by atoms with Crippen LogP contribution in [0.1, 0.15) is 5.56 Å². The first-order chi connectivity index (χ1) is 11.7. The normalized spacial score (nSPS) is 10.5. The van der Waals surface area contributed by atoms with Gasteiger partial charge in [0.05, 0.1) is 23.0 Å². The van der Waals surface area contributed by atoms with Gasteiger partial charge in [-0.15, -0.1) is 5.10 Å². The minimum atomic E-state index is -0.290. The molecule has 0 radical (unpaired) electrons. The predicted octanol–water partition coefficient (Wildman–Crippen LogP) is 2.47. The predicted molar refractivity (Wildman–Crippen MR) is 88.9 cm³/mol. The molecule has 0 fully saturated rings. The van der Waals surface area contributed by atoms with Gasteiger partial charge >= 0.3 is 0 Å². The minimum absolute atomic E-state index is 0.0691. The van der Waals surface area contributed by atoms with Gasteiger partial charge in [0.25, 0.3) is 0 Å². The molecule has 8 heteroatoms. The first-order valence-corrected chi connectivity index (χ1v) is 7.54. The third-order valence-corrected chi connectivity index (χ3v) is 3.51. The number of amides is 1. The number of anilines is 1. The van der Waals surface area contributed by atoms with Crippen LogP contribution in [-0.4, -0.2) is 32.7 Å². The molecule has 1 amide bonds. The van der Waals surface area contributed by atoms with Crippen molar-refractivity contribution in [2.24, 2.45) is 0 Å². The molecule has 0 aliphatic rings. The Morgan fingerprint density at radius 1 is 1.21 bits per heavy atom. The molecular weight excluding hydrogens is 330 g/mol. The highest BCUT2D eigenvalue weighted by Gasteiger charge is 2.09. The number of tetrazole rings is 1. The van der Waals surface area contributed by atoms with Crippen molar-refractivity contribution in [3.63, 3.8) is 0 Å². The van der Waals surface area contributed by atoms with Crippen LogP contribution >= 0.6 is 11.6 Å². The highest BCUT2D eigenvalue weighted by molar-refractivity contribution is 6.33. The Balaban J connectivity index is 1.59. The van der Waals surface area contributed by atoms with Crippen LogP contribution in [0, 0.1) is 0 Å². The summed E-state index contributed by atoms with van der Waals surface area (Å²) < 4.78 is 6.87. The Morgan fingerprint density at radius 3 is 2.79 bits per heavy atom. The van der Waals surface area contributed by atoms with Gasteiger partial charge in [-0.05, 0) is 34.2 Å². The average Bonchev–Trinajstić information content (AvgIpc) is 3.12. The molecule has 0 atom stereocenters. The molecule has 0 bridgehead atoms. The van der Waals surface area contributed by atoms with Crippen LogP contribution in [0.3, 0.4) is 0 Å². The van der Waals surface area contributed by atoms with Gasteiger partial charge < -0.3 is 10.1 Å². The second kappa shape index (κ2) is 7.67. The Labute approximate surface area is 143 Å². The van der Waals surface area contributed by atoms with E-state index in [1.165, 1.54) is 11.0 Å². The van der Waals surface area contributed by atoms with Crippen molar-refractivity contribution in [1.82, 2.24) is 20.2 Å². The fourth-order valence-electron chi connectivity index (χ4n) is 2.05. The van der Waals surface area contributed by atoms with E-state index in [1.807, 2.05) is 30.3 Å². The Hall–Kier alpha value is -2.77. The zero-order chi connectivity index (χ0) is 16.8. The first-order valence-electron chi connectivity index (χ1n) is 7.17. The van der Waals surface area contributed by atoms with Gasteiger partial charge in [0.2, 0.25) is 5.91 Å². The molecule has 0 saturated heterocycles. The summed E-state index contributed by atoms with van der Waals surface area (Å²) in [6.45, 7) is 0.299. The number of nitrogens with one attached hydrogen (secondary N) is 1. The average molecular weight is 344 g/mol. The van der Waals surface area contributed by atoms with E-state index >= 15 is 0 Å². The number of aromatic nitrogens is 4. The number of carbonyl (C=O) groups excluding carboxylic acids is 1. The summed E-state index contributed by atoms with van der Waals surface area (Å²) in [7, 11) is 0. The molecule has 1 heterocycles. The smallest absolute Gasteiger partial charge is 0.250 e. The van der Waals surface area contributed by atoms with Crippen molar-refractivity contribution < 1.29 is 9.53 Å². The second-order valence-electron chi connectivity index (χ2n) is 4.95. The van der Waals surface area contributed by atoms with Crippen LogP contribution in [0.15, 0.2) is 54.9 Å². The summed E-state index contributed by atoms with van der Waals surface area (Å²) in [5.74, 6) is -0.290. The molecule has 0 unspecified atom stereocenters. The molecule has 0 saturated carbocycles. The van der Waals surface area contributed by atoms with E-state index < -0.39 is 0 Å². The van der Waals surface area contributed by atoms with Crippen LogP contribution in [0.2, 0.25) is 5.02 Å². The molecule has 0 aliphatic heterocycles. The number of halogens is 1. The monoisotopic (exact) mass is 343 g/mol. The maximum atomic E-state index is 12.0. The van der Waals surface area contributed by atoms with Crippen LogP contribution in [0.25, 0.3) is 5.69 Å². The summed E-state index contributed by atoms with van der Waals surface area (Å²) in [6.07, 6.45) is 1.46. The molecule has 1 N–H and O–H groups in total. The number of nitrogens with zero attached hydrogens (tertiary/aromatic N) is 4. The zero-order valence-corrected chi connectivity index (χ0v) is 13.3. The fraction of sp³-hybridized carbons (Fsp3) is 0.125. The van der Waals surface area contributed by atoms with Crippen molar-refractivity contribution in [1.29, 1.82) is 0 Å². The van der Waals surface area contributed by atoms with Gasteiger partial charge in [-0.2, -0.15) is 0 Å². The Bertz CT molecular complexity index is 809. The first kappa shape index (κ1) is 16.1. The molecule has 1 aromatic heterocycles. The highest BCUT2D eigenvalue weighted by atomic mass is 35.5. The molecule has 0 aliphatic carbocycles. The van der Waals surface area contributed by atoms with E-state index in [4.69, 9.17) is 16.3 Å². The second-order valence-corrected chi connectivity index (χ2v) is 5.35. The lowest BCUT2D eigenvalue weighted by atomic mass is 10.2. The maximum absolute atomic E-state index is 12.0. The number of ether oxygens (including phenoxy) is 1. The van der Waals surface area contributed by atoms with Crippen molar-refractivity contribution in [3.8, 4) is 5.69 Å². The van der Waals surface area contributed by atoms with Gasteiger partial charge in [-0.3, -0.25) is 4.79 Å². The number of carbonyl (C=O) groups is 1. The molecule has 7 nitrogen and oxygen atoms in total. The van der Waals surface area contributed by atoms with Gasteiger partial charge in [0.1, 0.15) is 12.9 Å². The Kier molecular flexibility index (Phi) is 5.15. The summed E-state index contributed by atoms with van der Waals surface area (Å²) in [4.78, 5) is 12.0. The SMILES string of the molecule is O=C(COCc1ccccc1)Nc1cc(-n2cnnn2)ccc1Cl. The molecule has 0 spiro atoms. The number of benzene rings is 2. The standard InChI is InChI=1S/C16H14ClN5O2/c17-14-7-6-13(22-11-18-20-21-22)8-15(14)19-16(23)10-24-9-12-4-2-1-3-5-12/h1-8,11H,9-10H2,(H,19,23). The van der Waals surface area contributed by atoms with E-state index in [9.17, 15) is 4.79 Å². The van der Waals surface area contributed by atoms with Gasteiger partial charge in [-0.25, -0.2) is 4.68 Å². The summed E-state index contributed by atoms with van der Waals surface area (Å²) in [5, 5.41) is 14.1. The van der Waals surface area contributed by atoms with E-state index in [0.29, 0.717) is 23.0 Å². The van der Waals surface area contributed by atoms with Crippen LogP contribution in [0.4, 0.5) is 5.69 Å². The van der Waals surface area contributed by atoms with Crippen molar-refractivity contribution in [2.45, 2.75) is 6.61 Å². The lowest BCUT2D eigenvalue weighted by Crippen LogP contribution is -2.18. The minimum Gasteiger partial charge on any atom is -0.367 e. The topological polar surface area (TPSA) is 81.9 Å². The van der Waals surface area contributed by atoms with Gasteiger partial charge in [-0.1, -0.05) is 41.9 Å². The molecular formula is C16H14ClN5O2. The largest absolute Gasteiger partial charge is 0.367 e. The third kappa shape index (κ3) is 4.15. The van der Waals surface area contributed by atoms with Crippen LogP contribution in [-0.2, 0) is 16.1 Å². The summed E-state index contributed by atoms with van der Waals surface area (Å²) in [5.41, 5.74) is 2.16. The Morgan fingerprint density at radius 2 is 2.04 bits per heavy atom. The van der Waals surface area contributed by atoms with Crippen molar-refractivity contribution >= 4 is 23.2 Å². The van der Waals surface area contributed by atoms with E-state index in [2.05, 4.69) is 20.8 Å². The molecule has 2 aromatic carbocycles. The van der Waals surface area contributed by atoms with Gasteiger partial charge in [0, 0.05) is 0 Å². The lowest BCUT2D eigenvalue weighted by Gasteiger charge is -2.09.